The second kappa shape index (κ2) is 6.93. The predicted molar refractivity (Wildman–Crippen MR) is 82.0 cm³/mol. The second-order valence-corrected chi connectivity index (χ2v) is 5.36. The van der Waals surface area contributed by atoms with E-state index in [4.69, 9.17) is 0 Å². The summed E-state index contributed by atoms with van der Waals surface area (Å²) < 4.78 is 0. The largest absolute Gasteiger partial charge is 0.476 e. The van der Waals surface area contributed by atoms with Gasteiger partial charge in [-0.3, -0.25) is 4.79 Å². The van der Waals surface area contributed by atoms with Crippen LogP contribution in [0.2, 0.25) is 0 Å². The summed E-state index contributed by atoms with van der Waals surface area (Å²) in [4.78, 5) is 31.6. The summed E-state index contributed by atoms with van der Waals surface area (Å²) in [5.74, 6) is -1.32. The zero-order chi connectivity index (χ0) is 16.1. The molecule has 1 aromatic carbocycles. The molecule has 0 fully saturated rings. The van der Waals surface area contributed by atoms with E-state index >= 15 is 0 Å². The van der Waals surface area contributed by atoms with E-state index in [2.05, 4.69) is 9.97 Å². The first-order valence-electron chi connectivity index (χ1n) is 7.16. The van der Waals surface area contributed by atoms with E-state index in [1.807, 2.05) is 30.3 Å². The summed E-state index contributed by atoms with van der Waals surface area (Å²) in [6, 6.07) is 9.82. The van der Waals surface area contributed by atoms with E-state index in [0.717, 1.165) is 12.0 Å². The molecule has 2 aromatic rings. The number of rotatable bonds is 6. The molecule has 0 aliphatic rings. The molecular formula is C17H18N2O3. The van der Waals surface area contributed by atoms with Gasteiger partial charge in [-0.05, 0) is 12.0 Å². The third-order valence-electron chi connectivity index (χ3n) is 3.31. The normalized spacial score (nSPS) is 10.7. The molecule has 5 heteroatoms. The Kier molecular flexibility index (Phi) is 4.99. The first-order chi connectivity index (χ1) is 10.5. The highest BCUT2D eigenvalue weighted by Crippen LogP contribution is 2.13. The van der Waals surface area contributed by atoms with Crippen molar-refractivity contribution in [2.75, 3.05) is 0 Å². The molecule has 0 unspecified atom stereocenters. The van der Waals surface area contributed by atoms with Gasteiger partial charge >= 0.3 is 5.97 Å². The number of ketones is 1. The van der Waals surface area contributed by atoms with Crippen LogP contribution in [-0.2, 0) is 12.8 Å². The number of hydrogen-bond acceptors (Lipinski definition) is 4. The fourth-order valence-electron chi connectivity index (χ4n) is 2.09. The summed E-state index contributed by atoms with van der Waals surface area (Å²) in [7, 11) is 0. The minimum atomic E-state index is -1.20. The average molecular weight is 298 g/mol. The highest BCUT2D eigenvalue weighted by atomic mass is 16.4. The van der Waals surface area contributed by atoms with Crippen LogP contribution < -0.4 is 0 Å². The van der Waals surface area contributed by atoms with Gasteiger partial charge in [0.2, 0.25) is 0 Å². The zero-order valence-corrected chi connectivity index (χ0v) is 12.6. The third-order valence-corrected chi connectivity index (χ3v) is 3.31. The maximum absolute atomic E-state index is 12.0. The van der Waals surface area contributed by atoms with Gasteiger partial charge < -0.3 is 5.11 Å². The number of benzene rings is 1. The van der Waals surface area contributed by atoms with E-state index in [1.54, 1.807) is 13.8 Å². The van der Waals surface area contributed by atoms with Crippen molar-refractivity contribution in [3.8, 4) is 0 Å². The molecule has 5 nitrogen and oxygen atoms in total. The summed E-state index contributed by atoms with van der Waals surface area (Å²) in [5, 5.41) is 9.26. The van der Waals surface area contributed by atoms with Crippen molar-refractivity contribution in [1.29, 1.82) is 0 Å². The van der Waals surface area contributed by atoms with Crippen LogP contribution in [0.25, 0.3) is 0 Å². The number of nitrogens with zero attached hydrogens (tertiary/aromatic N) is 2. The number of carboxylic acids is 1. The molecule has 0 bridgehead atoms. The molecule has 0 saturated heterocycles. The van der Waals surface area contributed by atoms with Crippen molar-refractivity contribution in [2.24, 2.45) is 5.92 Å². The Balaban J connectivity index is 2.22. The van der Waals surface area contributed by atoms with Gasteiger partial charge in [-0.25, -0.2) is 14.8 Å². The number of aromatic nitrogens is 2. The molecule has 2 rings (SSSR count). The van der Waals surface area contributed by atoms with Crippen molar-refractivity contribution in [2.45, 2.75) is 26.7 Å². The Hall–Kier alpha value is -2.56. The average Bonchev–Trinajstić information content (AvgIpc) is 2.52. The number of aryl methyl sites for hydroxylation is 2. The molecule has 114 valence electrons. The van der Waals surface area contributed by atoms with Gasteiger partial charge in [0.15, 0.2) is 11.5 Å². The third kappa shape index (κ3) is 3.75. The standard InChI is InChI=1S/C17H18N2O3/c1-11(2)16(20)13-10-18-14(19-15(13)17(21)22)9-8-12-6-4-3-5-7-12/h3-7,10-11H,8-9H2,1-2H3,(H,21,22). The minimum absolute atomic E-state index is 0.0750. The Morgan fingerprint density at radius 2 is 1.82 bits per heavy atom. The van der Waals surface area contributed by atoms with Gasteiger partial charge in [0.1, 0.15) is 5.82 Å². The molecule has 0 aliphatic heterocycles. The van der Waals surface area contributed by atoms with Gasteiger partial charge in [0, 0.05) is 18.5 Å². The van der Waals surface area contributed by atoms with Crippen LogP contribution in [0.4, 0.5) is 0 Å². The van der Waals surface area contributed by atoms with Gasteiger partial charge in [-0.1, -0.05) is 44.2 Å². The fourth-order valence-corrected chi connectivity index (χ4v) is 2.09. The lowest BCUT2D eigenvalue weighted by Gasteiger charge is -2.08. The molecule has 22 heavy (non-hydrogen) atoms. The van der Waals surface area contributed by atoms with E-state index in [9.17, 15) is 14.7 Å². The monoisotopic (exact) mass is 298 g/mol. The van der Waals surface area contributed by atoms with Crippen LogP contribution >= 0.6 is 0 Å². The van der Waals surface area contributed by atoms with Crippen molar-refractivity contribution in [3.05, 3.63) is 59.2 Å². The number of hydrogen-bond donors (Lipinski definition) is 1. The van der Waals surface area contributed by atoms with Crippen LogP contribution in [0.3, 0.4) is 0 Å². The lowest BCUT2D eigenvalue weighted by atomic mass is 10.0. The molecular weight excluding hydrogens is 280 g/mol. The molecule has 0 spiro atoms. The van der Waals surface area contributed by atoms with Crippen molar-refractivity contribution in [1.82, 2.24) is 9.97 Å². The van der Waals surface area contributed by atoms with Crippen molar-refractivity contribution < 1.29 is 14.7 Å². The minimum Gasteiger partial charge on any atom is -0.476 e. The maximum Gasteiger partial charge on any atom is 0.355 e. The number of aromatic carboxylic acids is 1. The Bertz CT molecular complexity index is 682. The molecule has 1 aromatic heterocycles. The molecule has 0 amide bonds. The first kappa shape index (κ1) is 15.8. The summed E-state index contributed by atoms with van der Waals surface area (Å²) in [5.41, 5.74) is 0.994. The van der Waals surface area contributed by atoms with Crippen molar-refractivity contribution >= 4 is 11.8 Å². The Morgan fingerprint density at radius 3 is 2.41 bits per heavy atom. The Labute approximate surface area is 129 Å². The zero-order valence-electron chi connectivity index (χ0n) is 12.6. The van der Waals surface area contributed by atoms with Gasteiger partial charge in [0.05, 0.1) is 5.56 Å². The summed E-state index contributed by atoms with van der Waals surface area (Å²) >= 11 is 0. The Morgan fingerprint density at radius 1 is 1.14 bits per heavy atom. The SMILES string of the molecule is CC(C)C(=O)c1cnc(CCc2ccccc2)nc1C(=O)O. The first-order valence-corrected chi connectivity index (χ1v) is 7.16. The molecule has 0 aliphatic carbocycles. The van der Waals surface area contributed by atoms with E-state index in [1.165, 1.54) is 6.20 Å². The van der Waals surface area contributed by atoms with Gasteiger partial charge in [-0.15, -0.1) is 0 Å². The molecule has 0 radical (unpaired) electrons. The van der Waals surface area contributed by atoms with Gasteiger partial charge in [0.25, 0.3) is 0 Å². The van der Waals surface area contributed by atoms with E-state index < -0.39 is 5.97 Å². The lowest BCUT2D eigenvalue weighted by Crippen LogP contribution is -2.17. The molecule has 1 N–H and O–H groups in total. The smallest absolute Gasteiger partial charge is 0.355 e. The second-order valence-electron chi connectivity index (χ2n) is 5.36. The molecule has 1 heterocycles. The maximum atomic E-state index is 12.0. The van der Waals surface area contributed by atoms with Crippen LogP contribution in [-0.4, -0.2) is 26.8 Å². The van der Waals surface area contributed by atoms with Crippen LogP contribution in [0.15, 0.2) is 36.5 Å². The quantitative estimate of drug-likeness (QED) is 0.829. The highest BCUT2D eigenvalue weighted by Gasteiger charge is 2.21. The molecule has 0 atom stereocenters. The van der Waals surface area contributed by atoms with Gasteiger partial charge in [-0.2, -0.15) is 0 Å². The molecule has 0 saturated carbocycles. The highest BCUT2D eigenvalue weighted by molar-refractivity contribution is 6.05. The number of Topliss-reactive ketones (excluding diaryl/α,β-unsaturated/α-hetero) is 1. The number of carboxylic acid groups (broad SMARTS) is 1. The lowest BCUT2D eigenvalue weighted by molar-refractivity contribution is 0.0683. The number of carbonyl (C=O) groups is 2. The van der Waals surface area contributed by atoms with E-state index in [0.29, 0.717) is 12.2 Å². The topological polar surface area (TPSA) is 80.2 Å². The summed E-state index contributed by atoms with van der Waals surface area (Å²) in [6.45, 7) is 3.44. The van der Waals surface area contributed by atoms with Crippen molar-refractivity contribution in [3.63, 3.8) is 0 Å². The number of carbonyl (C=O) groups excluding carboxylic acids is 1. The van der Waals surface area contributed by atoms with Crippen LogP contribution in [0.1, 0.15) is 46.1 Å². The summed E-state index contributed by atoms with van der Waals surface area (Å²) in [6.07, 6.45) is 2.58. The fraction of sp³-hybridized carbons (Fsp3) is 0.294. The van der Waals surface area contributed by atoms with E-state index in [-0.39, 0.29) is 23.0 Å². The predicted octanol–water partition coefficient (Wildman–Crippen LogP) is 2.80. The van der Waals surface area contributed by atoms with Crippen LogP contribution in [0.5, 0.6) is 0 Å². The van der Waals surface area contributed by atoms with Crippen LogP contribution in [0, 0.1) is 5.92 Å².